The predicted molar refractivity (Wildman–Crippen MR) is 145 cm³/mol. The molecule has 0 saturated heterocycles. The summed E-state index contributed by atoms with van der Waals surface area (Å²) in [6, 6.07) is 10.6. The maximum Gasteiger partial charge on any atom is 0.417 e. The standard InChI is InChI=1S/C22H20ClF3IN5O4S2/c23-17-10-14(22(24,25)26)11-29-20(17)28-9-1-2-18(33)31-32-38(35,36)19-8-7-16(37-19)12-30-21(34)13-3-5-15(27)6-4-13/h3-8,10-11,32H,1-2,9,12H2,(H,28,29)(H,30,34)(H,31,33). The summed E-state index contributed by atoms with van der Waals surface area (Å²) in [5, 5.41) is 5.22. The number of sulfonamides is 1. The van der Waals surface area contributed by atoms with Crippen molar-refractivity contribution in [1.82, 2.24) is 20.6 Å². The number of rotatable bonds is 11. The Labute approximate surface area is 238 Å². The number of carbonyl (C=O) groups is 2. The van der Waals surface area contributed by atoms with Crippen LogP contribution in [-0.2, 0) is 27.5 Å². The molecule has 0 bridgehead atoms. The normalized spacial score (nSPS) is 11.7. The molecule has 0 aliphatic rings. The van der Waals surface area contributed by atoms with E-state index in [0.717, 1.165) is 21.0 Å². The van der Waals surface area contributed by atoms with Crippen molar-refractivity contribution in [2.24, 2.45) is 0 Å². The molecular weight excluding hydrogens is 682 g/mol. The second-order valence-electron chi connectivity index (χ2n) is 7.65. The van der Waals surface area contributed by atoms with E-state index in [1.54, 1.807) is 30.3 Å². The van der Waals surface area contributed by atoms with Crippen LogP contribution in [0.25, 0.3) is 0 Å². The Kier molecular flexibility index (Phi) is 10.3. The molecule has 0 atom stereocenters. The first-order valence-electron chi connectivity index (χ1n) is 10.7. The number of hydrogen-bond donors (Lipinski definition) is 4. The topological polar surface area (TPSA) is 129 Å². The molecule has 0 radical (unpaired) electrons. The van der Waals surface area contributed by atoms with Crippen LogP contribution in [0.4, 0.5) is 19.0 Å². The van der Waals surface area contributed by atoms with Gasteiger partial charge in [-0.25, -0.2) is 13.4 Å². The monoisotopic (exact) mass is 701 g/mol. The Morgan fingerprint density at radius 1 is 1.11 bits per heavy atom. The number of amides is 2. The zero-order chi connectivity index (χ0) is 27.9. The summed E-state index contributed by atoms with van der Waals surface area (Å²) in [5.41, 5.74) is 1.60. The minimum atomic E-state index is -4.57. The largest absolute Gasteiger partial charge is 0.417 e. The number of benzene rings is 1. The third-order valence-corrected chi connectivity index (χ3v) is 8.63. The first kappa shape index (κ1) is 30.1. The lowest BCUT2D eigenvalue weighted by Gasteiger charge is -2.11. The van der Waals surface area contributed by atoms with E-state index in [1.165, 1.54) is 6.07 Å². The van der Waals surface area contributed by atoms with E-state index in [0.29, 0.717) is 16.6 Å². The lowest BCUT2D eigenvalue weighted by molar-refractivity contribution is -0.137. The summed E-state index contributed by atoms with van der Waals surface area (Å²) in [6.45, 7) is 0.280. The first-order valence-corrected chi connectivity index (χ1v) is 14.5. The number of nitrogens with one attached hydrogen (secondary N) is 4. The SMILES string of the molecule is O=C(CCCNc1ncc(C(F)(F)F)cc1Cl)NNS(=O)(=O)c1ccc(CNC(=O)c2ccc(I)cc2)s1. The van der Waals surface area contributed by atoms with Crippen LogP contribution >= 0.6 is 45.5 Å². The number of thiophene rings is 1. The van der Waals surface area contributed by atoms with Gasteiger partial charge in [-0.05, 0) is 71.5 Å². The van der Waals surface area contributed by atoms with Crippen LogP contribution < -0.4 is 20.9 Å². The van der Waals surface area contributed by atoms with Crippen molar-refractivity contribution in [2.75, 3.05) is 11.9 Å². The van der Waals surface area contributed by atoms with Gasteiger partial charge in [0.2, 0.25) is 5.91 Å². The van der Waals surface area contributed by atoms with E-state index in [2.05, 4.69) is 43.6 Å². The van der Waals surface area contributed by atoms with Crippen molar-refractivity contribution in [3.8, 4) is 0 Å². The number of pyridine rings is 1. The molecule has 4 N–H and O–H groups in total. The van der Waals surface area contributed by atoms with Crippen LogP contribution in [0, 0.1) is 3.57 Å². The molecular formula is C22H20ClF3IN5O4S2. The maximum atomic E-state index is 12.7. The molecule has 2 amide bonds. The van der Waals surface area contributed by atoms with Crippen LogP contribution in [0.2, 0.25) is 5.02 Å². The summed E-state index contributed by atoms with van der Waals surface area (Å²) in [7, 11) is -4.04. The average Bonchev–Trinajstić information content (AvgIpc) is 3.35. The minimum absolute atomic E-state index is 0.0315. The highest BCUT2D eigenvalue weighted by atomic mass is 127. The number of anilines is 1. The van der Waals surface area contributed by atoms with Gasteiger partial charge < -0.3 is 10.6 Å². The third-order valence-electron chi connectivity index (χ3n) is 4.80. The fourth-order valence-electron chi connectivity index (χ4n) is 2.88. The highest BCUT2D eigenvalue weighted by Gasteiger charge is 2.31. The molecule has 3 aromatic rings. The molecule has 0 unspecified atom stereocenters. The molecule has 3 rings (SSSR count). The van der Waals surface area contributed by atoms with Crippen LogP contribution in [0.15, 0.2) is 52.9 Å². The molecule has 16 heteroatoms. The van der Waals surface area contributed by atoms with Gasteiger partial charge in [0.15, 0.2) is 0 Å². The predicted octanol–water partition coefficient (Wildman–Crippen LogP) is 4.55. The van der Waals surface area contributed by atoms with E-state index in [-0.39, 0.29) is 46.9 Å². The van der Waals surface area contributed by atoms with Gasteiger partial charge in [0.05, 0.1) is 17.1 Å². The van der Waals surface area contributed by atoms with Crippen LogP contribution in [0.1, 0.15) is 33.6 Å². The highest BCUT2D eigenvalue weighted by molar-refractivity contribution is 14.1. The number of aromatic nitrogens is 1. The third kappa shape index (κ3) is 8.79. The number of halogens is 5. The Hall–Kier alpha value is -2.47. The number of alkyl halides is 3. The second kappa shape index (κ2) is 13.1. The van der Waals surface area contributed by atoms with Crippen molar-refractivity contribution in [1.29, 1.82) is 0 Å². The van der Waals surface area contributed by atoms with Crippen molar-refractivity contribution in [3.05, 3.63) is 73.3 Å². The van der Waals surface area contributed by atoms with Crippen molar-refractivity contribution in [3.63, 3.8) is 0 Å². The van der Waals surface area contributed by atoms with E-state index in [4.69, 9.17) is 11.6 Å². The first-order chi connectivity index (χ1) is 17.8. The van der Waals surface area contributed by atoms with Crippen LogP contribution in [0.3, 0.4) is 0 Å². The maximum absolute atomic E-state index is 12.7. The lowest BCUT2D eigenvalue weighted by Crippen LogP contribution is -2.41. The second-order valence-corrected chi connectivity index (χ2v) is 12.4. The lowest BCUT2D eigenvalue weighted by atomic mass is 10.2. The molecule has 0 saturated carbocycles. The number of nitrogens with zero attached hydrogens (tertiary/aromatic N) is 1. The van der Waals surface area contributed by atoms with E-state index in [9.17, 15) is 31.2 Å². The Morgan fingerprint density at radius 2 is 1.82 bits per heavy atom. The van der Waals surface area contributed by atoms with Gasteiger partial charge in [0.25, 0.3) is 15.9 Å². The van der Waals surface area contributed by atoms with Gasteiger partial charge in [-0.2, -0.15) is 13.2 Å². The zero-order valence-corrected chi connectivity index (χ0v) is 23.8. The number of carbonyl (C=O) groups excluding carboxylic acids is 2. The Bertz CT molecular complexity index is 1400. The molecule has 38 heavy (non-hydrogen) atoms. The van der Waals surface area contributed by atoms with Gasteiger partial charge in [-0.3, -0.25) is 15.0 Å². The average molecular weight is 702 g/mol. The molecule has 0 aliphatic carbocycles. The van der Waals surface area contributed by atoms with Crippen molar-refractivity contribution < 1.29 is 31.2 Å². The molecule has 2 aromatic heterocycles. The molecule has 0 aliphatic heterocycles. The van der Waals surface area contributed by atoms with Gasteiger partial charge >= 0.3 is 6.18 Å². The molecule has 2 heterocycles. The smallest absolute Gasteiger partial charge is 0.369 e. The Morgan fingerprint density at radius 3 is 2.47 bits per heavy atom. The number of hydrogen-bond acceptors (Lipinski definition) is 7. The van der Waals surface area contributed by atoms with Crippen molar-refractivity contribution in [2.45, 2.75) is 29.8 Å². The molecule has 204 valence electrons. The molecule has 9 nitrogen and oxygen atoms in total. The minimum Gasteiger partial charge on any atom is -0.369 e. The fourth-order valence-corrected chi connectivity index (χ4v) is 5.63. The van der Waals surface area contributed by atoms with Crippen LogP contribution in [-0.4, -0.2) is 31.8 Å². The van der Waals surface area contributed by atoms with Gasteiger partial charge in [0.1, 0.15) is 10.0 Å². The number of hydrazine groups is 1. The highest BCUT2D eigenvalue weighted by Crippen LogP contribution is 2.32. The van der Waals surface area contributed by atoms with Crippen molar-refractivity contribution >= 4 is 73.2 Å². The summed E-state index contributed by atoms with van der Waals surface area (Å²) in [4.78, 5) is 30.5. The van der Waals surface area contributed by atoms with Crippen LogP contribution in [0.5, 0.6) is 0 Å². The Balaban J connectivity index is 1.41. The van der Waals surface area contributed by atoms with E-state index in [1.807, 2.05) is 4.83 Å². The fraction of sp³-hybridized carbons (Fsp3) is 0.227. The summed E-state index contributed by atoms with van der Waals surface area (Å²) >= 11 is 8.87. The zero-order valence-electron chi connectivity index (χ0n) is 19.2. The van der Waals surface area contributed by atoms with Gasteiger partial charge in [-0.1, -0.05) is 11.6 Å². The molecule has 0 fully saturated rings. The molecule has 1 aromatic carbocycles. The van der Waals surface area contributed by atoms with E-state index >= 15 is 0 Å². The van der Waals surface area contributed by atoms with Gasteiger partial charge in [0, 0.05) is 33.2 Å². The summed E-state index contributed by atoms with van der Waals surface area (Å²) < 4.78 is 63.9. The molecule has 0 spiro atoms. The van der Waals surface area contributed by atoms with Gasteiger partial charge in [-0.15, -0.1) is 16.2 Å². The quantitative estimate of drug-likeness (QED) is 0.132. The summed E-state index contributed by atoms with van der Waals surface area (Å²) in [6.07, 6.45) is -3.80. The van der Waals surface area contributed by atoms with E-state index < -0.39 is 27.7 Å². The summed E-state index contributed by atoms with van der Waals surface area (Å²) in [5.74, 6) is -0.886.